The van der Waals surface area contributed by atoms with Gasteiger partial charge in [-0.1, -0.05) is 18.2 Å². The van der Waals surface area contributed by atoms with Crippen LogP contribution in [0.25, 0.3) is 22.4 Å². The summed E-state index contributed by atoms with van der Waals surface area (Å²) in [6, 6.07) is 15.1. The second kappa shape index (κ2) is 13.3. The number of nitrogens with one attached hydrogen (secondary N) is 2. The van der Waals surface area contributed by atoms with Crippen LogP contribution in [0.4, 0.5) is 26.1 Å². The van der Waals surface area contributed by atoms with Gasteiger partial charge < -0.3 is 20.1 Å². The summed E-state index contributed by atoms with van der Waals surface area (Å²) < 4.78 is 42.5. The minimum absolute atomic E-state index is 0.129. The van der Waals surface area contributed by atoms with Crippen molar-refractivity contribution in [3.63, 3.8) is 0 Å². The molecule has 0 aliphatic carbocycles. The third-order valence-corrected chi connectivity index (χ3v) is 7.21. The molecule has 1 aliphatic rings. The van der Waals surface area contributed by atoms with Crippen LogP contribution < -0.4 is 15.4 Å². The fourth-order valence-corrected chi connectivity index (χ4v) is 5.19. The van der Waals surface area contributed by atoms with Crippen molar-refractivity contribution in [2.75, 3.05) is 43.5 Å². The van der Waals surface area contributed by atoms with Gasteiger partial charge in [-0.15, -0.1) is 0 Å². The Morgan fingerprint density at radius 2 is 1.78 bits per heavy atom. The lowest BCUT2D eigenvalue weighted by molar-refractivity contribution is -0.114. The van der Waals surface area contributed by atoms with E-state index in [0.29, 0.717) is 60.7 Å². The standard InChI is InChI=1S/C32H32F2N8O3/c1-3-45-23-16-26(33)25(27(34)17-23)19-42-28-7-5-4-6-24(28)31(40-42)32-38-22(18-41-10-12-44-13-11-41)15-30(39-32)37-21-8-9-35-29(14-21)36-20(2)43/h4-9,14-17H,3,10-13,18-19H2,1-2H3,(H2,35,36,37,38,39,43). The molecular weight excluding hydrogens is 582 g/mol. The maximum absolute atomic E-state index is 15.0. The van der Waals surface area contributed by atoms with Crippen LogP contribution in [-0.4, -0.2) is 68.4 Å². The summed E-state index contributed by atoms with van der Waals surface area (Å²) in [5, 5.41) is 11.5. The number of amides is 1. The van der Waals surface area contributed by atoms with Gasteiger partial charge in [-0.3, -0.25) is 14.4 Å². The van der Waals surface area contributed by atoms with Crippen LogP contribution >= 0.6 is 0 Å². The molecule has 2 aromatic carbocycles. The molecule has 3 aromatic heterocycles. The predicted molar refractivity (Wildman–Crippen MR) is 165 cm³/mol. The number of pyridine rings is 1. The molecule has 2 N–H and O–H groups in total. The fraction of sp³-hybridized carbons (Fsp3) is 0.281. The van der Waals surface area contributed by atoms with Crippen LogP contribution in [0.15, 0.2) is 60.8 Å². The Kier molecular flexibility index (Phi) is 8.89. The molecule has 0 atom stereocenters. The summed E-state index contributed by atoms with van der Waals surface area (Å²) in [5.74, 6) is -0.284. The van der Waals surface area contributed by atoms with Crippen molar-refractivity contribution in [1.29, 1.82) is 0 Å². The predicted octanol–water partition coefficient (Wildman–Crippen LogP) is 5.15. The Hall–Kier alpha value is -5.01. The summed E-state index contributed by atoms with van der Waals surface area (Å²) in [4.78, 5) is 27.7. The lowest BCUT2D eigenvalue weighted by atomic mass is 10.1. The van der Waals surface area contributed by atoms with Crippen LogP contribution in [0.5, 0.6) is 5.75 Å². The summed E-state index contributed by atoms with van der Waals surface area (Å²) in [6.07, 6.45) is 1.58. The van der Waals surface area contributed by atoms with Crippen LogP contribution in [0.1, 0.15) is 25.1 Å². The zero-order chi connectivity index (χ0) is 31.3. The van der Waals surface area contributed by atoms with E-state index in [1.807, 2.05) is 30.3 Å². The number of hydrogen-bond donors (Lipinski definition) is 2. The maximum Gasteiger partial charge on any atom is 0.222 e. The van der Waals surface area contributed by atoms with Gasteiger partial charge in [-0.25, -0.2) is 23.7 Å². The molecular formula is C32H32F2N8O3. The molecule has 232 valence electrons. The van der Waals surface area contributed by atoms with Crippen LogP contribution in [0.2, 0.25) is 0 Å². The van der Waals surface area contributed by atoms with Gasteiger partial charge in [0.1, 0.15) is 34.7 Å². The van der Waals surface area contributed by atoms with Gasteiger partial charge in [-0.05, 0) is 19.1 Å². The third-order valence-electron chi connectivity index (χ3n) is 7.21. The number of ether oxygens (including phenoxy) is 2. The molecule has 5 aromatic rings. The molecule has 0 bridgehead atoms. The van der Waals surface area contributed by atoms with E-state index in [1.54, 1.807) is 29.9 Å². The Morgan fingerprint density at radius 1 is 1.00 bits per heavy atom. The zero-order valence-electron chi connectivity index (χ0n) is 24.9. The van der Waals surface area contributed by atoms with Crippen molar-refractivity contribution in [2.45, 2.75) is 26.9 Å². The Morgan fingerprint density at radius 3 is 2.53 bits per heavy atom. The quantitative estimate of drug-likeness (QED) is 0.220. The van der Waals surface area contributed by atoms with Gasteiger partial charge in [0.05, 0.1) is 37.6 Å². The van der Waals surface area contributed by atoms with E-state index in [0.717, 1.165) is 24.2 Å². The molecule has 0 saturated carbocycles. The van der Waals surface area contributed by atoms with E-state index >= 15 is 8.78 Å². The van der Waals surface area contributed by atoms with Crippen LogP contribution in [0, 0.1) is 11.6 Å². The highest BCUT2D eigenvalue weighted by molar-refractivity contribution is 5.92. The number of para-hydroxylation sites is 1. The van der Waals surface area contributed by atoms with Gasteiger partial charge in [-0.2, -0.15) is 5.10 Å². The van der Waals surface area contributed by atoms with E-state index in [1.165, 1.54) is 19.1 Å². The van der Waals surface area contributed by atoms with Gasteiger partial charge in [0.15, 0.2) is 5.82 Å². The molecule has 0 spiro atoms. The smallest absolute Gasteiger partial charge is 0.222 e. The molecule has 0 unspecified atom stereocenters. The molecule has 1 amide bonds. The molecule has 1 fully saturated rings. The molecule has 11 nitrogen and oxygen atoms in total. The second-order valence-electron chi connectivity index (χ2n) is 10.5. The molecule has 1 saturated heterocycles. The Bertz CT molecular complexity index is 1820. The van der Waals surface area contributed by atoms with Crippen molar-refractivity contribution in [2.24, 2.45) is 0 Å². The van der Waals surface area contributed by atoms with Gasteiger partial charge >= 0.3 is 0 Å². The number of carbonyl (C=O) groups excluding carboxylic acids is 1. The van der Waals surface area contributed by atoms with E-state index < -0.39 is 11.6 Å². The first-order valence-corrected chi connectivity index (χ1v) is 14.6. The van der Waals surface area contributed by atoms with E-state index in [9.17, 15) is 4.79 Å². The molecule has 13 heteroatoms. The average molecular weight is 615 g/mol. The second-order valence-corrected chi connectivity index (χ2v) is 10.5. The summed E-state index contributed by atoms with van der Waals surface area (Å²) >= 11 is 0. The minimum atomic E-state index is -0.717. The van der Waals surface area contributed by atoms with Crippen LogP contribution in [-0.2, 0) is 22.6 Å². The minimum Gasteiger partial charge on any atom is -0.494 e. The van der Waals surface area contributed by atoms with Crippen molar-refractivity contribution in [3.8, 4) is 17.3 Å². The Balaban J connectivity index is 1.40. The highest BCUT2D eigenvalue weighted by atomic mass is 19.1. The topological polar surface area (TPSA) is 119 Å². The van der Waals surface area contributed by atoms with Crippen LogP contribution in [0.3, 0.4) is 0 Å². The van der Waals surface area contributed by atoms with Gasteiger partial charge in [0.2, 0.25) is 5.91 Å². The maximum atomic E-state index is 15.0. The number of anilines is 3. The van der Waals surface area contributed by atoms with Gasteiger partial charge in [0.25, 0.3) is 0 Å². The number of carbonyl (C=O) groups is 1. The van der Waals surface area contributed by atoms with Crippen molar-refractivity contribution in [3.05, 3.63) is 83.7 Å². The van der Waals surface area contributed by atoms with E-state index in [2.05, 4.69) is 20.5 Å². The summed E-state index contributed by atoms with van der Waals surface area (Å²) in [5.41, 5.74) is 2.43. The molecule has 0 radical (unpaired) electrons. The number of benzene rings is 2. The first-order valence-electron chi connectivity index (χ1n) is 14.6. The molecule has 45 heavy (non-hydrogen) atoms. The SMILES string of the molecule is CCOc1cc(F)c(Cn2nc(-c3nc(CN4CCOCC4)cc(Nc4ccnc(NC(C)=O)c4)n3)c3ccccc32)c(F)c1. The molecule has 4 heterocycles. The normalized spacial score (nSPS) is 13.6. The average Bonchev–Trinajstić information content (AvgIpc) is 3.38. The highest BCUT2D eigenvalue weighted by Gasteiger charge is 2.21. The number of rotatable bonds is 10. The summed E-state index contributed by atoms with van der Waals surface area (Å²) in [7, 11) is 0. The van der Waals surface area contributed by atoms with Crippen molar-refractivity contribution < 1.29 is 23.0 Å². The third kappa shape index (κ3) is 7.05. The number of nitrogens with zero attached hydrogens (tertiary/aromatic N) is 6. The number of fused-ring (bicyclic) bond motifs is 1. The molecule has 1 aliphatic heterocycles. The fourth-order valence-electron chi connectivity index (χ4n) is 5.19. The number of hydrogen-bond acceptors (Lipinski definition) is 9. The number of halogens is 2. The number of aromatic nitrogens is 5. The lowest BCUT2D eigenvalue weighted by Crippen LogP contribution is -2.35. The first kappa shape index (κ1) is 30.0. The van der Waals surface area contributed by atoms with E-state index in [4.69, 9.17) is 24.5 Å². The van der Waals surface area contributed by atoms with Crippen molar-refractivity contribution >= 4 is 34.1 Å². The summed E-state index contributed by atoms with van der Waals surface area (Å²) in [6.45, 7) is 6.68. The molecule has 6 rings (SSSR count). The van der Waals surface area contributed by atoms with E-state index in [-0.39, 0.29) is 23.8 Å². The lowest BCUT2D eigenvalue weighted by Gasteiger charge is -2.26. The zero-order valence-corrected chi connectivity index (χ0v) is 24.9. The largest absolute Gasteiger partial charge is 0.494 e. The Labute approximate surface area is 258 Å². The highest BCUT2D eigenvalue weighted by Crippen LogP contribution is 2.30. The first-order chi connectivity index (χ1) is 21.9. The van der Waals surface area contributed by atoms with Crippen molar-refractivity contribution in [1.82, 2.24) is 29.6 Å². The monoisotopic (exact) mass is 614 g/mol. The van der Waals surface area contributed by atoms with Gasteiger partial charge in [0, 0.05) is 73.7 Å². The number of morpholine rings is 1.